The molecular formula is C21H27FN4O2. The van der Waals surface area contributed by atoms with Gasteiger partial charge in [0.1, 0.15) is 11.6 Å². The average Bonchev–Trinajstić information content (AvgIpc) is 2.71. The average molecular weight is 386 g/mol. The SMILES string of the molecule is COCCN1CCC[C@@H](c2ncc(C(=O)NCc3ccc(F)cc3)c(C)n2)C1. The van der Waals surface area contributed by atoms with E-state index in [2.05, 4.69) is 20.2 Å². The number of hydrogen-bond donors (Lipinski definition) is 1. The smallest absolute Gasteiger partial charge is 0.254 e. The van der Waals surface area contributed by atoms with Crippen LogP contribution in [0.15, 0.2) is 30.5 Å². The van der Waals surface area contributed by atoms with Crippen molar-refractivity contribution < 1.29 is 13.9 Å². The number of nitrogens with one attached hydrogen (secondary N) is 1. The molecule has 0 unspecified atom stereocenters. The van der Waals surface area contributed by atoms with Gasteiger partial charge in [0.05, 0.1) is 17.9 Å². The van der Waals surface area contributed by atoms with Crippen LogP contribution in [0.25, 0.3) is 0 Å². The van der Waals surface area contributed by atoms with Crippen molar-refractivity contribution in [1.29, 1.82) is 0 Å². The van der Waals surface area contributed by atoms with Gasteiger partial charge in [-0.15, -0.1) is 0 Å². The molecule has 150 valence electrons. The number of ether oxygens (including phenoxy) is 1. The number of aryl methyl sites for hydroxylation is 1. The van der Waals surface area contributed by atoms with Crippen LogP contribution in [0.3, 0.4) is 0 Å². The summed E-state index contributed by atoms with van der Waals surface area (Å²) in [7, 11) is 1.72. The Bertz CT molecular complexity index is 797. The summed E-state index contributed by atoms with van der Waals surface area (Å²) in [4.78, 5) is 24.0. The molecule has 1 amide bonds. The molecule has 1 atom stereocenters. The van der Waals surface area contributed by atoms with Gasteiger partial charge in [-0.05, 0) is 44.0 Å². The molecular weight excluding hydrogens is 359 g/mol. The lowest BCUT2D eigenvalue weighted by Gasteiger charge is -2.31. The van der Waals surface area contributed by atoms with E-state index < -0.39 is 0 Å². The van der Waals surface area contributed by atoms with Crippen LogP contribution in [0, 0.1) is 12.7 Å². The highest BCUT2D eigenvalue weighted by Crippen LogP contribution is 2.24. The zero-order chi connectivity index (χ0) is 19.9. The van der Waals surface area contributed by atoms with Crippen molar-refractivity contribution in [2.24, 2.45) is 0 Å². The van der Waals surface area contributed by atoms with E-state index >= 15 is 0 Å². The van der Waals surface area contributed by atoms with E-state index in [0.717, 1.165) is 50.5 Å². The third-order valence-electron chi connectivity index (χ3n) is 5.09. The van der Waals surface area contributed by atoms with Crippen LogP contribution in [0.2, 0.25) is 0 Å². The lowest BCUT2D eigenvalue weighted by molar-refractivity contribution is 0.0949. The van der Waals surface area contributed by atoms with Gasteiger partial charge in [-0.25, -0.2) is 14.4 Å². The predicted molar refractivity (Wildman–Crippen MR) is 105 cm³/mol. The summed E-state index contributed by atoms with van der Waals surface area (Å²) in [6.45, 7) is 5.79. The first-order valence-corrected chi connectivity index (χ1v) is 9.64. The van der Waals surface area contributed by atoms with Crippen molar-refractivity contribution >= 4 is 5.91 Å². The summed E-state index contributed by atoms with van der Waals surface area (Å²) in [5.74, 6) is 0.562. The second kappa shape index (κ2) is 9.71. The van der Waals surface area contributed by atoms with Crippen molar-refractivity contribution in [2.75, 3.05) is 33.4 Å². The third kappa shape index (κ3) is 5.33. The fraction of sp³-hybridized carbons (Fsp3) is 0.476. The van der Waals surface area contributed by atoms with Gasteiger partial charge in [-0.2, -0.15) is 0 Å². The molecule has 0 spiro atoms. The highest BCUT2D eigenvalue weighted by molar-refractivity contribution is 5.94. The number of halogens is 1. The molecule has 1 saturated heterocycles. The number of carbonyl (C=O) groups excluding carboxylic acids is 1. The van der Waals surface area contributed by atoms with E-state index in [1.165, 1.54) is 12.1 Å². The Morgan fingerprint density at radius 1 is 1.36 bits per heavy atom. The maximum absolute atomic E-state index is 13.0. The number of methoxy groups -OCH3 is 1. The van der Waals surface area contributed by atoms with Gasteiger partial charge in [0, 0.05) is 38.9 Å². The Kier molecular flexibility index (Phi) is 7.06. The van der Waals surface area contributed by atoms with Crippen molar-refractivity contribution in [3.8, 4) is 0 Å². The maximum atomic E-state index is 13.0. The van der Waals surface area contributed by atoms with Gasteiger partial charge in [0.25, 0.3) is 5.91 Å². The highest BCUT2D eigenvalue weighted by atomic mass is 19.1. The maximum Gasteiger partial charge on any atom is 0.254 e. The summed E-state index contributed by atoms with van der Waals surface area (Å²) in [6.07, 6.45) is 3.78. The first kappa shape index (κ1) is 20.4. The molecule has 1 N–H and O–H groups in total. The van der Waals surface area contributed by atoms with Gasteiger partial charge >= 0.3 is 0 Å². The molecule has 2 aromatic rings. The van der Waals surface area contributed by atoms with Crippen LogP contribution in [0.1, 0.15) is 46.2 Å². The number of nitrogens with zero attached hydrogens (tertiary/aromatic N) is 3. The number of carbonyl (C=O) groups is 1. The molecule has 0 aliphatic carbocycles. The normalized spacial score (nSPS) is 17.5. The Hall–Kier alpha value is -2.38. The molecule has 3 rings (SSSR count). The molecule has 1 aliphatic rings. The first-order valence-electron chi connectivity index (χ1n) is 9.64. The van der Waals surface area contributed by atoms with Crippen molar-refractivity contribution in [2.45, 2.75) is 32.2 Å². The van der Waals surface area contributed by atoms with Gasteiger partial charge in [0.15, 0.2) is 0 Å². The molecule has 7 heteroatoms. The molecule has 1 aliphatic heterocycles. The molecule has 6 nitrogen and oxygen atoms in total. The second-order valence-corrected chi connectivity index (χ2v) is 7.17. The largest absolute Gasteiger partial charge is 0.383 e. The molecule has 0 radical (unpaired) electrons. The molecule has 1 aromatic heterocycles. The Labute approximate surface area is 165 Å². The van der Waals surface area contributed by atoms with Gasteiger partial charge < -0.3 is 15.0 Å². The van der Waals surface area contributed by atoms with E-state index in [0.29, 0.717) is 17.8 Å². The Balaban J connectivity index is 1.61. The fourth-order valence-corrected chi connectivity index (χ4v) is 3.47. The standard InChI is InChI=1S/C21H27FN4O2/c1-15-19(21(27)24-12-16-5-7-18(22)8-6-16)13-23-20(25-15)17-4-3-9-26(14-17)10-11-28-2/h5-8,13,17H,3-4,9-12,14H2,1-2H3,(H,24,27)/t17-/m1/s1. The highest BCUT2D eigenvalue weighted by Gasteiger charge is 2.24. The van der Waals surface area contributed by atoms with Crippen LogP contribution < -0.4 is 5.32 Å². The number of rotatable bonds is 7. The minimum Gasteiger partial charge on any atom is -0.383 e. The molecule has 1 aromatic carbocycles. The lowest BCUT2D eigenvalue weighted by atomic mass is 9.97. The van der Waals surface area contributed by atoms with E-state index in [1.807, 2.05) is 6.92 Å². The number of aromatic nitrogens is 2. The second-order valence-electron chi connectivity index (χ2n) is 7.17. The zero-order valence-corrected chi connectivity index (χ0v) is 16.4. The van der Waals surface area contributed by atoms with E-state index in [-0.39, 0.29) is 17.6 Å². The molecule has 0 bridgehead atoms. The van der Waals surface area contributed by atoms with Crippen LogP contribution in [0.5, 0.6) is 0 Å². The number of likely N-dealkylation sites (tertiary alicyclic amines) is 1. The fourth-order valence-electron chi connectivity index (χ4n) is 3.47. The van der Waals surface area contributed by atoms with Crippen LogP contribution in [0.4, 0.5) is 4.39 Å². The van der Waals surface area contributed by atoms with Crippen molar-refractivity contribution in [1.82, 2.24) is 20.2 Å². The van der Waals surface area contributed by atoms with E-state index in [1.54, 1.807) is 25.4 Å². The Morgan fingerprint density at radius 2 is 2.14 bits per heavy atom. The molecule has 28 heavy (non-hydrogen) atoms. The number of piperidine rings is 1. The van der Waals surface area contributed by atoms with Crippen LogP contribution in [-0.4, -0.2) is 54.1 Å². The van der Waals surface area contributed by atoms with Crippen LogP contribution in [-0.2, 0) is 11.3 Å². The van der Waals surface area contributed by atoms with Crippen LogP contribution >= 0.6 is 0 Å². The molecule has 1 fully saturated rings. The van der Waals surface area contributed by atoms with Gasteiger partial charge in [0.2, 0.25) is 0 Å². The molecule has 0 saturated carbocycles. The topological polar surface area (TPSA) is 67.3 Å². The summed E-state index contributed by atoms with van der Waals surface area (Å²) in [6, 6.07) is 6.07. The zero-order valence-electron chi connectivity index (χ0n) is 16.4. The monoisotopic (exact) mass is 386 g/mol. The summed E-state index contributed by atoms with van der Waals surface area (Å²) < 4.78 is 18.1. The summed E-state index contributed by atoms with van der Waals surface area (Å²) in [5.41, 5.74) is 1.98. The number of hydrogen-bond acceptors (Lipinski definition) is 5. The van der Waals surface area contributed by atoms with Gasteiger partial charge in [-0.1, -0.05) is 12.1 Å². The quantitative estimate of drug-likeness (QED) is 0.792. The number of benzene rings is 1. The lowest BCUT2D eigenvalue weighted by Crippen LogP contribution is -2.37. The van der Waals surface area contributed by atoms with E-state index in [9.17, 15) is 9.18 Å². The summed E-state index contributed by atoms with van der Waals surface area (Å²) >= 11 is 0. The Morgan fingerprint density at radius 3 is 2.86 bits per heavy atom. The van der Waals surface area contributed by atoms with Crippen molar-refractivity contribution in [3.05, 3.63) is 58.9 Å². The number of amides is 1. The minimum absolute atomic E-state index is 0.223. The van der Waals surface area contributed by atoms with E-state index in [4.69, 9.17) is 4.74 Å². The van der Waals surface area contributed by atoms with Crippen molar-refractivity contribution in [3.63, 3.8) is 0 Å². The minimum atomic E-state index is -0.293. The molecule has 2 heterocycles. The third-order valence-corrected chi connectivity index (χ3v) is 5.09. The summed E-state index contributed by atoms with van der Waals surface area (Å²) in [5, 5.41) is 2.84. The predicted octanol–water partition coefficient (Wildman–Crippen LogP) is 2.68. The first-order chi connectivity index (χ1) is 13.6. The van der Waals surface area contributed by atoms with Gasteiger partial charge in [-0.3, -0.25) is 4.79 Å².